The average Bonchev–Trinajstić information content (AvgIpc) is 2.96. The van der Waals surface area contributed by atoms with Crippen LogP contribution < -0.4 is 5.73 Å². The van der Waals surface area contributed by atoms with Gasteiger partial charge in [0, 0.05) is 24.8 Å². The third-order valence-electron chi connectivity index (χ3n) is 3.45. The zero-order valence-corrected chi connectivity index (χ0v) is 11.5. The summed E-state index contributed by atoms with van der Waals surface area (Å²) in [5.41, 5.74) is 8.94. The molecule has 1 aromatic carbocycles. The van der Waals surface area contributed by atoms with Crippen molar-refractivity contribution >= 4 is 5.91 Å². The van der Waals surface area contributed by atoms with E-state index >= 15 is 0 Å². The number of amides is 1. The van der Waals surface area contributed by atoms with E-state index in [4.69, 9.17) is 5.73 Å². The third kappa shape index (κ3) is 2.78. The summed E-state index contributed by atoms with van der Waals surface area (Å²) in [5.74, 6) is 5.60. The summed E-state index contributed by atoms with van der Waals surface area (Å²) in [5, 5.41) is 0. The first kappa shape index (κ1) is 13.3. The van der Waals surface area contributed by atoms with Crippen LogP contribution in [0.25, 0.3) is 0 Å². The SMILES string of the molecule is NCC#Cc1ccc(C(=O)N2Cc3ccccc3C2)nc1. The zero-order chi connectivity index (χ0) is 14.7. The van der Waals surface area contributed by atoms with Crippen molar-refractivity contribution in [1.82, 2.24) is 9.88 Å². The molecule has 0 saturated carbocycles. The Labute approximate surface area is 123 Å². The van der Waals surface area contributed by atoms with Crippen LogP contribution in [0.1, 0.15) is 27.2 Å². The molecule has 0 spiro atoms. The Morgan fingerprint density at radius 3 is 2.48 bits per heavy atom. The Morgan fingerprint density at radius 2 is 1.90 bits per heavy atom. The molecular weight excluding hydrogens is 262 g/mol. The van der Waals surface area contributed by atoms with Gasteiger partial charge in [0.15, 0.2) is 0 Å². The smallest absolute Gasteiger partial charge is 0.273 e. The summed E-state index contributed by atoms with van der Waals surface area (Å²) in [7, 11) is 0. The summed E-state index contributed by atoms with van der Waals surface area (Å²) in [6.07, 6.45) is 1.61. The van der Waals surface area contributed by atoms with E-state index in [-0.39, 0.29) is 5.91 Å². The van der Waals surface area contributed by atoms with Crippen LogP contribution >= 0.6 is 0 Å². The molecule has 0 unspecified atom stereocenters. The lowest BCUT2D eigenvalue weighted by Gasteiger charge is -2.14. The highest BCUT2D eigenvalue weighted by Gasteiger charge is 2.24. The Kier molecular flexibility index (Phi) is 3.67. The molecule has 0 bridgehead atoms. The van der Waals surface area contributed by atoms with E-state index < -0.39 is 0 Å². The van der Waals surface area contributed by atoms with Crippen molar-refractivity contribution in [2.24, 2.45) is 5.73 Å². The van der Waals surface area contributed by atoms with Gasteiger partial charge >= 0.3 is 0 Å². The second-order valence-electron chi connectivity index (χ2n) is 4.87. The highest BCUT2D eigenvalue weighted by molar-refractivity contribution is 5.92. The van der Waals surface area contributed by atoms with Crippen molar-refractivity contribution in [3.8, 4) is 11.8 Å². The highest BCUT2D eigenvalue weighted by Crippen LogP contribution is 2.23. The summed E-state index contributed by atoms with van der Waals surface area (Å²) >= 11 is 0. The van der Waals surface area contributed by atoms with Gasteiger partial charge in [-0.05, 0) is 23.3 Å². The minimum absolute atomic E-state index is 0.0514. The summed E-state index contributed by atoms with van der Waals surface area (Å²) in [4.78, 5) is 18.5. The Morgan fingerprint density at radius 1 is 1.19 bits per heavy atom. The largest absolute Gasteiger partial charge is 0.329 e. The number of hydrogen-bond acceptors (Lipinski definition) is 3. The molecule has 0 aliphatic carbocycles. The van der Waals surface area contributed by atoms with Crippen molar-refractivity contribution < 1.29 is 4.79 Å². The van der Waals surface area contributed by atoms with Crippen molar-refractivity contribution in [1.29, 1.82) is 0 Å². The second kappa shape index (κ2) is 5.78. The number of hydrogen-bond donors (Lipinski definition) is 1. The fraction of sp³-hybridized carbons (Fsp3) is 0.176. The van der Waals surface area contributed by atoms with Crippen LogP contribution in [0.5, 0.6) is 0 Å². The third-order valence-corrected chi connectivity index (χ3v) is 3.45. The molecule has 1 amide bonds. The number of carbonyl (C=O) groups is 1. The predicted molar refractivity (Wildman–Crippen MR) is 80.2 cm³/mol. The van der Waals surface area contributed by atoms with Gasteiger partial charge in [0.2, 0.25) is 0 Å². The lowest BCUT2D eigenvalue weighted by atomic mass is 10.1. The van der Waals surface area contributed by atoms with Crippen LogP contribution in [0.3, 0.4) is 0 Å². The number of fused-ring (bicyclic) bond motifs is 1. The maximum atomic E-state index is 12.4. The van der Waals surface area contributed by atoms with Crippen LogP contribution in [0.15, 0.2) is 42.6 Å². The number of rotatable bonds is 1. The Hall–Kier alpha value is -2.64. The molecule has 0 fully saturated rings. The molecule has 4 nitrogen and oxygen atoms in total. The van der Waals surface area contributed by atoms with Gasteiger partial charge in [0.1, 0.15) is 5.69 Å². The molecule has 2 N–H and O–H groups in total. The number of nitrogens with two attached hydrogens (primary N) is 1. The quantitative estimate of drug-likeness (QED) is 0.805. The molecular formula is C17H15N3O. The fourth-order valence-corrected chi connectivity index (χ4v) is 2.39. The normalized spacial score (nSPS) is 12.5. The van der Waals surface area contributed by atoms with Crippen LogP contribution in [-0.2, 0) is 13.1 Å². The Balaban J connectivity index is 1.75. The fourth-order valence-electron chi connectivity index (χ4n) is 2.39. The van der Waals surface area contributed by atoms with Gasteiger partial charge in [-0.1, -0.05) is 36.1 Å². The molecule has 2 heterocycles. The molecule has 1 aliphatic rings. The lowest BCUT2D eigenvalue weighted by molar-refractivity contribution is 0.0745. The highest BCUT2D eigenvalue weighted by atomic mass is 16.2. The molecule has 0 radical (unpaired) electrons. The minimum atomic E-state index is -0.0514. The van der Waals surface area contributed by atoms with Crippen LogP contribution in [0.2, 0.25) is 0 Å². The van der Waals surface area contributed by atoms with E-state index in [0.717, 1.165) is 5.56 Å². The van der Waals surface area contributed by atoms with Crippen molar-refractivity contribution in [3.05, 3.63) is 65.0 Å². The first-order valence-corrected chi connectivity index (χ1v) is 6.79. The monoisotopic (exact) mass is 277 g/mol. The van der Waals surface area contributed by atoms with Gasteiger partial charge in [0.05, 0.1) is 6.54 Å². The van der Waals surface area contributed by atoms with Gasteiger partial charge < -0.3 is 10.6 Å². The molecule has 2 aromatic rings. The zero-order valence-electron chi connectivity index (χ0n) is 11.5. The molecule has 1 aliphatic heterocycles. The second-order valence-corrected chi connectivity index (χ2v) is 4.87. The summed E-state index contributed by atoms with van der Waals surface area (Å²) in [6.45, 7) is 1.60. The average molecular weight is 277 g/mol. The van der Waals surface area contributed by atoms with Crippen molar-refractivity contribution in [2.75, 3.05) is 6.54 Å². The van der Waals surface area contributed by atoms with E-state index in [9.17, 15) is 4.79 Å². The van der Waals surface area contributed by atoms with Crippen LogP contribution in [-0.4, -0.2) is 22.3 Å². The van der Waals surface area contributed by atoms with E-state index in [2.05, 4.69) is 29.0 Å². The first-order chi connectivity index (χ1) is 10.3. The molecule has 21 heavy (non-hydrogen) atoms. The summed E-state index contributed by atoms with van der Waals surface area (Å²) < 4.78 is 0. The molecule has 0 atom stereocenters. The number of carbonyl (C=O) groups excluding carboxylic acids is 1. The van der Waals surface area contributed by atoms with E-state index in [1.54, 1.807) is 23.2 Å². The predicted octanol–water partition coefficient (Wildman–Crippen LogP) is 1.55. The molecule has 1 aromatic heterocycles. The number of benzene rings is 1. The van der Waals surface area contributed by atoms with Gasteiger partial charge in [-0.15, -0.1) is 0 Å². The van der Waals surface area contributed by atoms with Gasteiger partial charge in [-0.2, -0.15) is 0 Å². The maximum Gasteiger partial charge on any atom is 0.273 e. The van der Waals surface area contributed by atoms with E-state index in [1.807, 2.05) is 12.1 Å². The molecule has 0 saturated heterocycles. The van der Waals surface area contributed by atoms with Crippen molar-refractivity contribution in [2.45, 2.75) is 13.1 Å². The van der Waals surface area contributed by atoms with Gasteiger partial charge in [0.25, 0.3) is 5.91 Å². The van der Waals surface area contributed by atoms with E-state index in [1.165, 1.54) is 11.1 Å². The first-order valence-electron chi connectivity index (χ1n) is 6.79. The topological polar surface area (TPSA) is 59.2 Å². The Bertz CT molecular complexity index is 701. The van der Waals surface area contributed by atoms with Crippen LogP contribution in [0.4, 0.5) is 0 Å². The van der Waals surface area contributed by atoms with Crippen LogP contribution in [0, 0.1) is 11.8 Å². The van der Waals surface area contributed by atoms with Gasteiger partial charge in [-0.3, -0.25) is 4.79 Å². The standard InChI is InChI=1S/C17H15N3O/c18-9-3-4-13-7-8-16(19-10-13)17(21)20-11-14-5-1-2-6-15(14)12-20/h1-2,5-8,10H,9,11-12,18H2. The number of nitrogens with zero attached hydrogens (tertiary/aromatic N) is 2. The maximum absolute atomic E-state index is 12.4. The molecule has 3 rings (SSSR count). The molecule has 104 valence electrons. The number of pyridine rings is 1. The number of aromatic nitrogens is 1. The van der Waals surface area contributed by atoms with Gasteiger partial charge in [-0.25, -0.2) is 4.98 Å². The summed E-state index contributed by atoms with van der Waals surface area (Å²) in [6, 6.07) is 11.6. The van der Waals surface area contributed by atoms with E-state index in [0.29, 0.717) is 25.3 Å². The lowest BCUT2D eigenvalue weighted by Crippen LogP contribution is -2.26. The molecule has 4 heteroatoms. The minimum Gasteiger partial charge on any atom is -0.329 e. The van der Waals surface area contributed by atoms with Crippen molar-refractivity contribution in [3.63, 3.8) is 0 Å².